The lowest BCUT2D eigenvalue weighted by atomic mass is 10.1. The van der Waals surface area contributed by atoms with Gasteiger partial charge in [-0.05, 0) is 60.5 Å². The fourth-order valence-corrected chi connectivity index (χ4v) is 3.65. The third-order valence-corrected chi connectivity index (χ3v) is 5.30. The van der Waals surface area contributed by atoms with Crippen LogP contribution in [0.4, 0.5) is 4.39 Å². The summed E-state index contributed by atoms with van der Waals surface area (Å²) in [6.45, 7) is 2.01. The van der Waals surface area contributed by atoms with Crippen LogP contribution in [0, 0.1) is 12.7 Å². The van der Waals surface area contributed by atoms with Crippen LogP contribution < -0.4 is 23.7 Å². The third kappa shape index (κ3) is 4.35. The van der Waals surface area contributed by atoms with Crippen molar-refractivity contribution in [3.05, 3.63) is 82.4 Å². The van der Waals surface area contributed by atoms with Crippen LogP contribution in [0.1, 0.15) is 27.0 Å². The van der Waals surface area contributed by atoms with Crippen molar-refractivity contribution in [2.45, 2.75) is 13.5 Å². The van der Waals surface area contributed by atoms with Gasteiger partial charge in [-0.1, -0.05) is 12.1 Å². The van der Waals surface area contributed by atoms with Crippen molar-refractivity contribution < 1.29 is 32.9 Å². The maximum absolute atomic E-state index is 13.4. The molecule has 0 atom stereocenters. The molecule has 0 bridgehead atoms. The number of methoxy groups -OCH3 is 3. The maximum atomic E-state index is 13.4. The lowest BCUT2D eigenvalue weighted by molar-refractivity contribution is 0.101. The third-order valence-electron chi connectivity index (χ3n) is 5.30. The first-order valence-electron chi connectivity index (χ1n) is 10.2. The number of allylic oxidation sites excluding steroid dienone is 1. The monoisotopic (exact) mass is 450 g/mol. The highest BCUT2D eigenvalue weighted by Gasteiger charge is 2.30. The highest BCUT2D eigenvalue weighted by Crippen LogP contribution is 2.42. The molecule has 3 aromatic carbocycles. The number of rotatable bonds is 7. The van der Waals surface area contributed by atoms with Gasteiger partial charge in [0.2, 0.25) is 11.5 Å². The molecule has 0 spiro atoms. The van der Waals surface area contributed by atoms with Crippen LogP contribution in [-0.2, 0) is 6.61 Å². The number of ether oxygens (including phenoxy) is 5. The molecule has 1 heterocycles. The molecule has 7 heteroatoms. The Morgan fingerprint density at radius 2 is 1.67 bits per heavy atom. The van der Waals surface area contributed by atoms with E-state index in [1.807, 2.05) is 6.92 Å². The second kappa shape index (κ2) is 9.24. The molecular weight excluding hydrogens is 427 g/mol. The van der Waals surface area contributed by atoms with Crippen molar-refractivity contribution in [2.24, 2.45) is 0 Å². The van der Waals surface area contributed by atoms with Gasteiger partial charge in [0.25, 0.3) is 0 Å². The summed E-state index contributed by atoms with van der Waals surface area (Å²) in [6, 6.07) is 13.1. The van der Waals surface area contributed by atoms with E-state index in [1.165, 1.54) is 33.5 Å². The van der Waals surface area contributed by atoms with Gasteiger partial charge in [-0.2, -0.15) is 0 Å². The van der Waals surface area contributed by atoms with Gasteiger partial charge in [-0.3, -0.25) is 4.79 Å². The Hall–Kier alpha value is -4.00. The molecule has 0 N–H and O–H groups in total. The number of benzene rings is 3. The molecule has 0 saturated heterocycles. The van der Waals surface area contributed by atoms with Gasteiger partial charge in [-0.25, -0.2) is 4.39 Å². The second-order valence-electron chi connectivity index (χ2n) is 7.38. The van der Waals surface area contributed by atoms with Crippen molar-refractivity contribution in [3.8, 4) is 28.7 Å². The first-order chi connectivity index (χ1) is 15.9. The van der Waals surface area contributed by atoms with Gasteiger partial charge in [0.05, 0.1) is 26.9 Å². The van der Waals surface area contributed by atoms with Gasteiger partial charge >= 0.3 is 0 Å². The Bertz CT molecular complexity index is 1220. The second-order valence-corrected chi connectivity index (χ2v) is 7.38. The molecule has 0 aliphatic carbocycles. The quantitative estimate of drug-likeness (QED) is 0.452. The Balaban J connectivity index is 1.61. The minimum atomic E-state index is -0.322. The summed E-state index contributed by atoms with van der Waals surface area (Å²) in [5.74, 6) is 2.00. The smallest absolute Gasteiger partial charge is 0.231 e. The predicted octanol–water partition coefficient (Wildman–Crippen LogP) is 5.36. The summed E-state index contributed by atoms with van der Waals surface area (Å²) in [4.78, 5) is 13.0. The van der Waals surface area contributed by atoms with E-state index in [4.69, 9.17) is 23.7 Å². The molecular formula is C26H23FO6. The normalized spacial score (nSPS) is 13.5. The van der Waals surface area contributed by atoms with E-state index in [-0.39, 0.29) is 24.0 Å². The Labute approximate surface area is 191 Å². The number of ketones is 1. The lowest BCUT2D eigenvalue weighted by Gasteiger charge is -2.13. The van der Waals surface area contributed by atoms with Crippen LogP contribution in [0.25, 0.3) is 6.08 Å². The van der Waals surface area contributed by atoms with Crippen molar-refractivity contribution in [1.82, 2.24) is 0 Å². The molecule has 33 heavy (non-hydrogen) atoms. The van der Waals surface area contributed by atoms with E-state index in [2.05, 4.69) is 0 Å². The van der Waals surface area contributed by atoms with Gasteiger partial charge in [0.1, 0.15) is 23.9 Å². The molecule has 0 fully saturated rings. The standard InChI is InChI=1S/C26H23FO6/c1-15-20(32-14-16-6-5-7-18(27)10-16)9-8-19-24(28)21(33-25(15)19)11-17-12-22(29-2)26(31-4)23(13-17)30-3/h5-13H,14H2,1-4H3/b21-11-. The molecule has 3 aromatic rings. The van der Waals surface area contributed by atoms with Gasteiger partial charge in [0, 0.05) is 5.56 Å². The van der Waals surface area contributed by atoms with Gasteiger partial charge in [0.15, 0.2) is 17.3 Å². The molecule has 0 radical (unpaired) electrons. The van der Waals surface area contributed by atoms with Crippen LogP contribution in [0.3, 0.4) is 0 Å². The number of hydrogen-bond acceptors (Lipinski definition) is 6. The SMILES string of the molecule is COc1cc(/C=C2\Oc3c(ccc(OCc4cccc(F)c4)c3C)C2=O)cc(OC)c1OC. The van der Waals surface area contributed by atoms with Crippen molar-refractivity contribution >= 4 is 11.9 Å². The highest BCUT2D eigenvalue weighted by molar-refractivity contribution is 6.15. The van der Waals surface area contributed by atoms with Crippen molar-refractivity contribution in [1.29, 1.82) is 0 Å². The summed E-state index contributed by atoms with van der Waals surface area (Å²) in [6.07, 6.45) is 1.62. The zero-order valence-electron chi connectivity index (χ0n) is 18.7. The summed E-state index contributed by atoms with van der Waals surface area (Å²) < 4.78 is 41.3. The average molecular weight is 450 g/mol. The van der Waals surface area contributed by atoms with Crippen LogP contribution >= 0.6 is 0 Å². The Kier molecular flexibility index (Phi) is 6.22. The van der Waals surface area contributed by atoms with Gasteiger partial charge in [-0.15, -0.1) is 0 Å². The van der Waals surface area contributed by atoms with E-state index in [1.54, 1.807) is 42.5 Å². The van der Waals surface area contributed by atoms with Crippen LogP contribution in [-0.4, -0.2) is 27.1 Å². The predicted molar refractivity (Wildman–Crippen MR) is 121 cm³/mol. The summed E-state index contributed by atoms with van der Waals surface area (Å²) in [5, 5.41) is 0. The van der Waals surface area contributed by atoms with E-state index < -0.39 is 0 Å². The van der Waals surface area contributed by atoms with E-state index in [0.717, 1.165) is 0 Å². The number of Topliss-reactive ketones (excluding diaryl/α,β-unsaturated/α-hetero) is 1. The lowest BCUT2D eigenvalue weighted by Crippen LogP contribution is -1.99. The molecule has 6 nitrogen and oxygen atoms in total. The number of halogens is 1. The molecule has 0 unspecified atom stereocenters. The summed E-state index contributed by atoms with van der Waals surface area (Å²) in [5.41, 5.74) is 2.49. The Morgan fingerprint density at radius 3 is 2.30 bits per heavy atom. The molecule has 0 saturated carbocycles. The zero-order chi connectivity index (χ0) is 23.5. The topological polar surface area (TPSA) is 63.2 Å². The first-order valence-corrected chi connectivity index (χ1v) is 10.2. The fraction of sp³-hybridized carbons (Fsp3) is 0.192. The van der Waals surface area contributed by atoms with Crippen LogP contribution in [0.15, 0.2) is 54.3 Å². The largest absolute Gasteiger partial charge is 0.493 e. The van der Waals surface area contributed by atoms with Gasteiger partial charge < -0.3 is 23.7 Å². The van der Waals surface area contributed by atoms with E-state index in [0.29, 0.717) is 51.0 Å². The zero-order valence-corrected chi connectivity index (χ0v) is 18.7. The number of hydrogen-bond donors (Lipinski definition) is 0. The number of fused-ring (bicyclic) bond motifs is 1. The minimum absolute atomic E-state index is 0.171. The van der Waals surface area contributed by atoms with Crippen molar-refractivity contribution in [2.75, 3.05) is 21.3 Å². The highest BCUT2D eigenvalue weighted by atomic mass is 19.1. The Morgan fingerprint density at radius 1 is 0.939 bits per heavy atom. The van der Waals surface area contributed by atoms with Crippen molar-refractivity contribution in [3.63, 3.8) is 0 Å². The molecule has 0 aromatic heterocycles. The first kappa shape index (κ1) is 22.2. The summed E-state index contributed by atoms with van der Waals surface area (Å²) >= 11 is 0. The molecule has 0 amide bonds. The molecule has 1 aliphatic rings. The van der Waals surface area contributed by atoms with E-state index >= 15 is 0 Å². The number of carbonyl (C=O) groups is 1. The van der Waals surface area contributed by atoms with Crippen LogP contribution in [0.5, 0.6) is 28.7 Å². The van der Waals surface area contributed by atoms with Crippen LogP contribution in [0.2, 0.25) is 0 Å². The molecule has 170 valence electrons. The summed E-state index contributed by atoms with van der Waals surface area (Å²) in [7, 11) is 4.57. The molecule has 4 rings (SSSR count). The number of carbonyl (C=O) groups excluding carboxylic acids is 1. The maximum Gasteiger partial charge on any atom is 0.231 e. The fourth-order valence-electron chi connectivity index (χ4n) is 3.65. The average Bonchev–Trinajstić information content (AvgIpc) is 3.14. The van der Waals surface area contributed by atoms with E-state index in [9.17, 15) is 9.18 Å². The molecule has 1 aliphatic heterocycles. The minimum Gasteiger partial charge on any atom is -0.493 e.